The number of hydrogen-bond acceptors (Lipinski definition) is 1. The maximum atomic E-state index is 12.5. The molecule has 1 atom stereocenters. The van der Waals surface area contributed by atoms with Crippen molar-refractivity contribution in [2.24, 2.45) is 0 Å². The molecule has 0 amide bonds. The summed E-state index contributed by atoms with van der Waals surface area (Å²) in [6, 6.07) is 13.6. The molecule has 0 heterocycles. The Morgan fingerprint density at radius 1 is 0.950 bits per heavy atom. The number of aliphatic hydroxyl groups is 1. The van der Waals surface area contributed by atoms with Crippen molar-refractivity contribution in [3.63, 3.8) is 0 Å². The van der Waals surface area contributed by atoms with Crippen molar-refractivity contribution in [2.45, 2.75) is 32.3 Å². The van der Waals surface area contributed by atoms with Crippen molar-refractivity contribution in [2.75, 3.05) is 0 Å². The lowest BCUT2D eigenvalue weighted by atomic mass is 9.98. The molecule has 0 aliphatic heterocycles. The minimum atomic E-state index is -2.48. The van der Waals surface area contributed by atoms with Gasteiger partial charge in [0.2, 0.25) is 0 Å². The van der Waals surface area contributed by atoms with Crippen LogP contribution in [-0.2, 0) is 6.42 Å². The number of hydrogen-bond donors (Lipinski definition) is 1. The molecular weight excluding hydrogens is 258 g/mol. The highest BCUT2D eigenvalue weighted by Gasteiger charge is 2.12. The van der Waals surface area contributed by atoms with Gasteiger partial charge in [-0.3, -0.25) is 0 Å². The summed E-state index contributed by atoms with van der Waals surface area (Å²) in [4.78, 5) is 0. The molecule has 1 N–H and O–H groups in total. The number of aliphatic hydroxyl groups excluding tert-OH is 1. The van der Waals surface area contributed by atoms with Gasteiger partial charge in [-0.05, 0) is 23.1 Å². The number of benzene rings is 2. The van der Waals surface area contributed by atoms with Crippen molar-refractivity contribution in [3.8, 4) is 0 Å². The van der Waals surface area contributed by atoms with Crippen LogP contribution in [0.1, 0.15) is 48.1 Å². The lowest BCUT2D eigenvalue weighted by Gasteiger charge is -2.13. The Morgan fingerprint density at radius 2 is 1.60 bits per heavy atom. The average Bonchev–Trinajstić information content (AvgIpc) is 2.47. The molecule has 0 aliphatic carbocycles. The first-order valence-electron chi connectivity index (χ1n) is 6.76. The highest BCUT2D eigenvalue weighted by atomic mass is 19.3. The second-order valence-corrected chi connectivity index (χ2v) is 4.86. The first-order chi connectivity index (χ1) is 9.61. The maximum Gasteiger partial charge on any atom is 0.263 e. The molecule has 20 heavy (non-hydrogen) atoms. The first kappa shape index (κ1) is 14.7. The van der Waals surface area contributed by atoms with Gasteiger partial charge in [0.1, 0.15) is 6.10 Å². The average molecular weight is 276 g/mol. The van der Waals surface area contributed by atoms with Crippen LogP contribution in [0.25, 0.3) is 0 Å². The van der Waals surface area contributed by atoms with Crippen LogP contribution in [0.15, 0.2) is 48.5 Å². The molecule has 1 nitrogen and oxygen atoms in total. The number of rotatable bonds is 5. The quantitative estimate of drug-likeness (QED) is 0.842. The third-order valence-electron chi connectivity index (χ3n) is 3.31. The molecule has 0 radical (unpaired) electrons. The van der Waals surface area contributed by atoms with Crippen molar-refractivity contribution < 1.29 is 13.9 Å². The lowest BCUT2D eigenvalue weighted by Crippen LogP contribution is -2.01. The van der Waals surface area contributed by atoms with Crippen molar-refractivity contribution in [1.82, 2.24) is 0 Å². The standard InChI is InChI=1S/C17H18F2O/c1-2-4-12-5-3-6-15(11-12)16(20)13-7-9-14(10-8-13)17(18)19/h3,5-11,16-17,20H,2,4H2,1H3. The zero-order valence-corrected chi connectivity index (χ0v) is 11.4. The van der Waals surface area contributed by atoms with Crippen LogP contribution >= 0.6 is 0 Å². The van der Waals surface area contributed by atoms with Crippen LogP contribution in [0.3, 0.4) is 0 Å². The van der Waals surface area contributed by atoms with E-state index in [9.17, 15) is 13.9 Å². The van der Waals surface area contributed by atoms with Gasteiger partial charge in [-0.1, -0.05) is 61.9 Å². The fraction of sp³-hybridized carbons (Fsp3) is 0.294. The molecule has 0 fully saturated rings. The fourth-order valence-electron chi connectivity index (χ4n) is 2.22. The smallest absolute Gasteiger partial charge is 0.263 e. The van der Waals surface area contributed by atoms with Gasteiger partial charge in [0.25, 0.3) is 6.43 Å². The van der Waals surface area contributed by atoms with E-state index in [1.807, 2.05) is 24.3 Å². The monoisotopic (exact) mass is 276 g/mol. The summed E-state index contributed by atoms with van der Waals surface area (Å²) < 4.78 is 25.0. The molecule has 106 valence electrons. The van der Waals surface area contributed by atoms with Gasteiger partial charge >= 0.3 is 0 Å². The molecule has 0 aliphatic rings. The molecule has 0 saturated carbocycles. The van der Waals surface area contributed by atoms with Crippen molar-refractivity contribution >= 4 is 0 Å². The second-order valence-electron chi connectivity index (χ2n) is 4.86. The summed E-state index contributed by atoms with van der Waals surface area (Å²) >= 11 is 0. The van der Waals surface area contributed by atoms with E-state index < -0.39 is 12.5 Å². The Hall–Kier alpha value is -1.74. The van der Waals surface area contributed by atoms with Crippen LogP contribution < -0.4 is 0 Å². The van der Waals surface area contributed by atoms with Gasteiger partial charge in [-0.2, -0.15) is 0 Å². The van der Waals surface area contributed by atoms with Gasteiger partial charge in [-0.15, -0.1) is 0 Å². The normalized spacial score (nSPS) is 12.7. The molecule has 3 heteroatoms. The van der Waals surface area contributed by atoms with Crippen molar-refractivity contribution in [1.29, 1.82) is 0 Å². The highest BCUT2D eigenvalue weighted by Crippen LogP contribution is 2.25. The topological polar surface area (TPSA) is 20.2 Å². The summed E-state index contributed by atoms with van der Waals surface area (Å²) in [6.45, 7) is 2.10. The van der Waals surface area contributed by atoms with Crippen molar-refractivity contribution in [3.05, 3.63) is 70.8 Å². The van der Waals surface area contributed by atoms with E-state index >= 15 is 0 Å². The van der Waals surface area contributed by atoms with Crippen LogP contribution in [0, 0.1) is 0 Å². The molecule has 1 unspecified atom stereocenters. The van der Waals surface area contributed by atoms with E-state index in [4.69, 9.17) is 0 Å². The molecule has 2 aromatic rings. The number of alkyl halides is 2. The van der Waals surface area contributed by atoms with E-state index in [1.165, 1.54) is 17.7 Å². The summed E-state index contributed by atoms with van der Waals surface area (Å²) in [5, 5.41) is 10.3. The Labute approximate surface area is 117 Å². The minimum absolute atomic E-state index is 0.0271. The summed E-state index contributed by atoms with van der Waals surface area (Å²) in [5.74, 6) is 0. The number of aryl methyl sites for hydroxylation is 1. The van der Waals surface area contributed by atoms with E-state index in [0.717, 1.165) is 18.4 Å². The Balaban J connectivity index is 2.21. The zero-order valence-electron chi connectivity index (χ0n) is 11.4. The third-order valence-corrected chi connectivity index (χ3v) is 3.31. The third kappa shape index (κ3) is 3.42. The Kier molecular flexibility index (Phi) is 4.85. The summed E-state index contributed by atoms with van der Waals surface area (Å²) in [7, 11) is 0. The van der Waals surface area contributed by atoms with Gasteiger partial charge in [0.05, 0.1) is 0 Å². The van der Waals surface area contributed by atoms with Gasteiger partial charge < -0.3 is 5.11 Å². The van der Waals surface area contributed by atoms with Gasteiger partial charge in [-0.25, -0.2) is 8.78 Å². The molecule has 0 saturated heterocycles. The van der Waals surface area contributed by atoms with Crippen LogP contribution in [0.4, 0.5) is 8.78 Å². The molecule has 0 bridgehead atoms. The number of halogens is 2. The predicted molar refractivity (Wildman–Crippen MR) is 75.9 cm³/mol. The predicted octanol–water partition coefficient (Wildman–Crippen LogP) is 4.66. The first-order valence-corrected chi connectivity index (χ1v) is 6.76. The minimum Gasteiger partial charge on any atom is -0.384 e. The van der Waals surface area contributed by atoms with E-state index in [-0.39, 0.29) is 5.56 Å². The second kappa shape index (κ2) is 6.62. The van der Waals surface area contributed by atoms with E-state index in [1.54, 1.807) is 12.1 Å². The largest absolute Gasteiger partial charge is 0.384 e. The molecule has 2 rings (SSSR count). The summed E-state index contributed by atoms with van der Waals surface area (Å²) in [6.07, 6.45) is -1.25. The molecular formula is C17H18F2O. The molecule has 2 aromatic carbocycles. The van der Waals surface area contributed by atoms with Gasteiger partial charge in [0.15, 0.2) is 0 Å². The summed E-state index contributed by atoms with van der Waals surface area (Å²) in [5.41, 5.74) is 2.57. The zero-order chi connectivity index (χ0) is 14.5. The molecule has 0 spiro atoms. The highest BCUT2D eigenvalue weighted by molar-refractivity contribution is 5.34. The fourth-order valence-corrected chi connectivity index (χ4v) is 2.22. The van der Waals surface area contributed by atoms with Crippen LogP contribution in [0.2, 0.25) is 0 Å². The maximum absolute atomic E-state index is 12.5. The van der Waals surface area contributed by atoms with Gasteiger partial charge in [0, 0.05) is 5.56 Å². The Morgan fingerprint density at radius 3 is 2.20 bits per heavy atom. The van der Waals surface area contributed by atoms with Crippen LogP contribution in [0.5, 0.6) is 0 Å². The molecule has 0 aromatic heterocycles. The SMILES string of the molecule is CCCc1cccc(C(O)c2ccc(C(F)F)cc2)c1. The van der Waals surface area contributed by atoms with E-state index in [2.05, 4.69) is 6.92 Å². The Bertz CT molecular complexity index is 549. The van der Waals surface area contributed by atoms with E-state index in [0.29, 0.717) is 5.56 Å². The van der Waals surface area contributed by atoms with Crippen LogP contribution in [-0.4, -0.2) is 5.11 Å². The lowest BCUT2D eigenvalue weighted by molar-refractivity contribution is 0.151.